The van der Waals surface area contributed by atoms with Crippen molar-refractivity contribution >= 4 is 34.0 Å². The molecule has 0 saturated heterocycles. The van der Waals surface area contributed by atoms with Gasteiger partial charge in [-0.15, -0.1) is 11.6 Å². The van der Waals surface area contributed by atoms with Gasteiger partial charge in [0.1, 0.15) is 0 Å². The summed E-state index contributed by atoms with van der Waals surface area (Å²) in [6.07, 6.45) is 8.28. The summed E-state index contributed by atoms with van der Waals surface area (Å²) < 4.78 is 0. The number of nitrogens with zero attached hydrogens (tertiary/aromatic N) is 1. The molecule has 1 saturated carbocycles. The highest BCUT2D eigenvalue weighted by atomic mass is 35.5. The van der Waals surface area contributed by atoms with Crippen LogP contribution in [0.25, 0.3) is 6.08 Å². The van der Waals surface area contributed by atoms with Crippen molar-refractivity contribution in [1.29, 1.82) is 0 Å². The minimum absolute atomic E-state index is 0.193. The first-order chi connectivity index (χ1) is 8.70. The van der Waals surface area contributed by atoms with E-state index < -0.39 is 0 Å². The predicted octanol–water partition coefficient (Wildman–Crippen LogP) is 4.86. The van der Waals surface area contributed by atoms with Crippen molar-refractivity contribution in [2.75, 3.05) is 5.88 Å². The average molecular weight is 286 g/mol. The summed E-state index contributed by atoms with van der Waals surface area (Å²) >= 11 is 7.19. The number of thiophene rings is 1. The lowest BCUT2D eigenvalue weighted by molar-refractivity contribution is -0.380. The van der Waals surface area contributed by atoms with Crippen LogP contribution in [0, 0.1) is 16.0 Å². The molecule has 1 aromatic rings. The molecule has 0 N–H and O–H groups in total. The fraction of sp³-hybridized carbons (Fsp3) is 0.538. The summed E-state index contributed by atoms with van der Waals surface area (Å²) in [6, 6.07) is 1.63. The molecule has 0 unspecified atom stereocenters. The molecule has 1 aromatic heterocycles. The lowest BCUT2D eigenvalue weighted by atomic mass is 9.84. The Balaban J connectivity index is 2.14. The van der Waals surface area contributed by atoms with Crippen LogP contribution in [0.15, 0.2) is 17.0 Å². The Hall–Kier alpha value is -0.870. The van der Waals surface area contributed by atoms with E-state index in [1.54, 1.807) is 6.07 Å². The zero-order valence-electron chi connectivity index (χ0n) is 10.1. The maximum Gasteiger partial charge on any atom is 0.324 e. The van der Waals surface area contributed by atoms with Gasteiger partial charge in [-0.1, -0.05) is 42.2 Å². The summed E-state index contributed by atoms with van der Waals surface area (Å²) in [6.45, 7) is 0. The second kappa shape index (κ2) is 6.34. The van der Waals surface area contributed by atoms with Crippen molar-refractivity contribution in [3.63, 3.8) is 0 Å². The summed E-state index contributed by atoms with van der Waals surface area (Å²) in [5.74, 6) is 1.09. The molecule has 1 aliphatic rings. The molecular formula is C13H16ClNO2S. The highest BCUT2D eigenvalue weighted by molar-refractivity contribution is 7.13. The maximum absolute atomic E-state index is 10.6. The number of nitro groups is 1. The molecule has 0 radical (unpaired) electrons. The molecule has 98 valence electrons. The van der Waals surface area contributed by atoms with E-state index in [9.17, 15) is 10.1 Å². The monoisotopic (exact) mass is 285 g/mol. The molecule has 0 spiro atoms. The maximum atomic E-state index is 10.6. The van der Waals surface area contributed by atoms with E-state index in [-0.39, 0.29) is 9.92 Å². The number of hydrogen-bond acceptors (Lipinski definition) is 3. The number of allylic oxidation sites excluding steroid dienone is 1. The molecule has 1 fully saturated rings. The first kappa shape index (κ1) is 13.6. The Morgan fingerprint density at radius 1 is 1.50 bits per heavy atom. The average Bonchev–Trinajstić information content (AvgIpc) is 2.86. The van der Waals surface area contributed by atoms with Crippen molar-refractivity contribution < 1.29 is 4.92 Å². The van der Waals surface area contributed by atoms with Crippen molar-refractivity contribution in [1.82, 2.24) is 0 Å². The Morgan fingerprint density at radius 3 is 2.78 bits per heavy atom. The van der Waals surface area contributed by atoms with Crippen LogP contribution in [-0.2, 0) is 0 Å². The van der Waals surface area contributed by atoms with Gasteiger partial charge in [-0.05, 0) is 24.3 Å². The lowest BCUT2D eigenvalue weighted by Crippen LogP contribution is -2.10. The summed E-state index contributed by atoms with van der Waals surface area (Å²) in [5, 5.41) is 12.7. The van der Waals surface area contributed by atoms with Gasteiger partial charge in [0.15, 0.2) is 0 Å². The Labute approximate surface area is 116 Å². The van der Waals surface area contributed by atoms with Gasteiger partial charge in [0, 0.05) is 17.3 Å². The molecule has 5 heteroatoms. The fourth-order valence-corrected chi connectivity index (χ4v) is 3.44. The highest BCUT2D eigenvalue weighted by Gasteiger charge is 2.18. The van der Waals surface area contributed by atoms with Crippen LogP contribution in [0.1, 0.15) is 37.7 Å². The number of rotatable bonds is 4. The Kier molecular flexibility index (Phi) is 4.78. The van der Waals surface area contributed by atoms with Crippen LogP contribution in [0.4, 0.5) is 5.00 Å². The molecule has 0 bridgehead atoms. The third-order valence-corrected chi connectivity index (χ3v) is 4.63. The van der Waals surface area contributed by atoms with Crippen LogP contribution in [0.5, 0.6) is 0 Å². The van der Waals surface area contributed by atoms with Crippen LogP contribution >= 0.6 is 22.9 Å². The van der Waals surface area contributed by atoms with E-state index in [4.69, 9.17) is 11.6 Å². The molecule has 0 atom stereocenters. The van der Waals surface area contributed by atoms with E-state index in [1.807, 2.05) is 11.5 Å². The number of hydrogen-bond donors (Lipinski definition) is 0. The van der Waals surface area contributed by atoms with E-state index >= 15 is 0 Å². The molecule has 3 nitrogen and oxygen atoms in total. The summed E-state index contributed by atoms with van der Waals surface area (Å²) in [4.78, 5) is 10.3. The zero-order valence-corrected chi connectivity index (χ0v) is 11.7. The van der Waals surface area contributed by atoms with Gasteiger partial charge in [-0.2, -0.15) is 0 Å². The van der Waals surface area contributed by atoms with E-state index in [0.717, 1.165) is 5.56 Å². The molecule has 0 aliphatic heterocycles. The van der Waals surface area contributed by atoms with Crippen molar-refractivity contribution in [2.24, 2.45) is 5.92 Å². The van der Waals surface area contributed by atoms with Gasteiger partial charge in [-0.25, -0.2) is 0 Å². The SMILES string of the molecule is O=[N+]([O-])c1cc(C=C(CCl)C2CCCCC2)cs1. The second-order valence-electron chi connectivity index (χ2n) is 4.66. The van der Waals surface area contributed by atoms with Crippen molar-refractivity contribution in [3.8, 4) is 0 Å². The first-order valence-corrected chi connectivity index (χ1v) is 7.61. The molecular weight excluding hydrogens is 270 g/mol. The second-order valence-corrected chi connectivity index (χ2v) is 5.82. The van der Waals surface area contributed by atoms with Gasteiger partial charge >= 0.3 is 5.00 Å². The summed E-state index contributed by atoms with van der Waals surface area (Å²) in [7, 11) is 0. The van der Waals surface area contributed by atoms with E-state index in [1.165, 1.54) is 49.0 Å². The van der Waals surface area contributed by atoms with Gasteiger partial charge in [0.25, 0.3) is 0 Å². The highest BCUT2D eigenvalue weighted by Crippen LogP contribution is 2.32. The fourth-order valence-electron chi connectivity index (χ4n) is 2.46. The molecule has 1 aliphatic carbocycles. The van der Waals surface area contributed by atoms with Crippen LogP contribution in [0.2, 0.25) is 0 Å². The normalized spacial score (nSPS) is 17.9. The van der Waals surface area contributed by atoms with Gasteiger partial charge in [0.2, 0.25) is 0 Å². The Bertz CT molecular complexity index is 450. The smallest absolute Gasteiger partial charge is 0.258 e. The van der Waals surface area contributed by atoms with Crippen LogP contribution in [0.3, 0.4) is 0 Å². The van der Waals surface area contributed by atoms with Gasteiger partial charge in [-0.3, -0.25) is 10.1 Å². The number of halogens is 1. The van der Waals surface area contributed by atoms with Crippen LogP contribution in [-0.4, -0.2) is 10.8 Å². The van der Waals surface area contributed by atoms with Crippen molar-refractivity contribution in [2.45, 2.75) is 32.1 Å². The molecule has 2 rings (SSSR count). The third-order valence-electron chi connectivity index (χ3n) is 3.42. The number of alkyl halides is 1. The molecule has 0 aromatic carbocycles. The van der Waals surface area contributed by atoms with Gasteiger partial charge < -0.3 is 0 Å². The lowest BCUT2D eigenvalue weighted by Gasteiger charge is -2.23. The predicted molar refractivity (Wildman–Crippen MR) is 76.2 cm³/mol. The minimum atomic E-state index is -0.344. The van der Waals surface area contributed by atoms with Crippen LogP contribution < -0.4 is 0 Å². The van der Waals surface area contributed by atoms with Gasteiger partial charge in [0.05, 0.1) is 4.92 Å². The largest absolute Gasteiger partial charge is 0.324 e. The zero-order chi connectivity index (χ0) is 13.0. The van der Waals surface area contributed by atoms with E-state index in [2.05, 4.69) is 0 Å². The third kappa shape index (κ3) is 3.33. The summed E-state index contributed by atoms with van der Waals surface area (Å²) in [5.41, 5.74) is 2.14. The standard InChI is InChI=1S/C13H16ClNO2S/c14-8-12(11-4-2-1-3-5-11)6-10-7-13(15(16)17)18-9-10/h6-7,9,11H,1-5,8H2. The Morgan fingerprint density at radius 2 is 2.22 bits per heavy atom. The van der Waals surface area contributed by atoms with E-state index in [0.29, 0.717) is 11.8 Å². The molecule has 0 amide bonds. The first-order valence-electron chi connectivity index (χ1n) is 6.20. The molecule has 1 heterocycles. The van der Waals surface area contributed by atoms with Crippen molar-refractivity contribution in [3.05, 3.63) is 32.7 Å². The molecule has 18 heavy (non-hydrogen) atoms. The quantitative estimate of drug-likeness (QED) is 0.450. The minimum Gasteiger partial charge on any atom is -0.258 e. The topological polar surface area (TPSA) is 43.1 Å².